The first-order valence-corrected chi connectivity index (χ1v) is 8.18. The predicted molar refractivity (Wildman–Crippen MR) is 91.8 cm³/mol. The van der Waals surface area contributed by atoms with Gasteiger partial charge in [-0.05, 0) is 49.4 Å². The van der Waals surface area contributed by atoms with E-state index in [0.29, 0.717) is 13.0 Å². The third kappa shape index (κ3) is 3.84. The summed E-state index contributed by atoms with van der Waals surface area (Å²) < 4.78 is 5.24. The summed E-state index contributed by atoms with van der Waals surface area (Å²) in [6.45, 7) is 10.3. The Morgan fingerprint density at radius 1 is 1.30 bits per heavy atom. The molecule has 126 valence electrons. The highest BCUT2D eigenvalue weighted by Crippen LogP contribution is 2.34. The van der Waals surface area contributed by atoms with Crippen LogP contribution in [0.5, 0.6) is 0 Å². The first-order valence-electron chi connectivity index (χ1n) is 8.18. The summed E-state index contributed by atoms with van der Waals surface area (Å²) in [5, 5.41) is 3.27. The molecule has 1 heterocycles. The van der Waals surface area contributed by atoms with E-state index in [1.807, 2.05) is 46.8 Å². The summed E-state index contributed by atoms with van der Waals surface area (Å²) in [6, 6.07) is 3.69. The summed E-state index contributed by atoms with van der Waals surface area (Å²) >= 11 is 0. The van der Waals surface area contributed by atoms with Crippen molar-refractivity contribution in [1.29, 1.82) is 0 Å². The molecule has 1 unspecified atom stereocenters. The second kappa shape index (κ2) is 7.02. The molecule has 0 bridgehead atoms. The Hall–Kier alpha value is -2.04. The van der Waals surface area contributed by atoms with Crippen LogP contribution in [0.1, 0.15) is 38.3 Å². The molecule has 1 N–H and O–H groups in total. The maximum absolute atomic E-state index is 12.6. The Balaban J connectivity index is 2.28. The van der Waals surface area contributed by atoms with Crippen LogP contribution in [0.2, 0.25) is 0 Å². The molecular weight excluding hydrogens is 292 g/mol. The van der Waals surface area contributed by atoms with E-state index in [1.165, 1.54) is 0 Å². The van der Waals surface area contributed by atoms with Gasteiger partial charge in [0.25, 0.3) is 0 Å². The molecule has 0 fully saturated rings. The van der Waals surface area contributed by atoms with Crippen molar-refractivity contribution in [1.82, 2.24) is 0 Å². The van der Waals surface area contributed by atoms with E-state index in [-0.39, 0.29) is 30.4 Å². The number of nitrogens with zero attached hydrogens (tertiary/aromatic N) is 1. The fourth-order valence-corrected chi connectivity index (χ4v) is 2.57. The number of anilines is 2. The lowest BCUT2D eigenvalue weighted by molar-refractivity contribution is -0.144. The van der Waals surface area contributed by atoms with Crippen molar-refractivity contribution < 1.29 is 14.3 Å². The van der Waals surface area contributed by atoms with Crippen LogP contribution in [0.4, 0.5) is 11.4 Å². The Morgan fingerprint density at radius 2 is 1.96 bits per heavy atom. The second-order valence-electron chi connectivity index (χ2n) is 6.56. The molecule has 0 aliphatic carbocycles. The van der Waals surface area contributed by atoms with Crippen molar-refractivity contribution in [3.05, 3.63) is 23.3 Å². The topological polar surface area (TPSA) is 58.6 Å². The highest BCUT2D eigenvalue weighted by Gasteiger charge is 2.33. The first-order chi connectivity index (χ1) is 10.8. The number of fused-ring (bicyclic) bond motifs is 1. The zero-order chi connectivity index (χ0) is 17.1. The molecule has 1 amide bonds. The lowest BCUT2D eigenvalue weighted by Crippen LogP contribution is -2.49. The molecule has 0 saturated carbocycles. The van der Waals surface area contributed by atoms with Crippen LogP contribution in [-0.2, 0) is 14.3 Å². The van der Waals surface area contributed by atoms with E-state index >= 15 is 0 Å². The van der Waals surface area contributed by atoms with Crippen molar-refractivity contribution in [2.24, 2.45) is 5.92 Å². The predicted octanol–water partition coefficient (Wildman–Crippen LogP) is 3.04. The molecule has 1 aromatic rings. The molecule has 0 spiro atoms. The number of nitrogens with one attached hydrogen (secondary N) is 1. The Labute approximate surface area is 138 Å². The number of benzene rings is 1. The third-order valence-electron chi connectivity index (χ3n) is 4.07. The molecule has 1 aliphatic heterocycles. The van der Waals surface area contributed by atoms with Crippen molar-refractivity contribution in [2.75, 3.05) is 23.4 Å². The Bertz CT molecular complexity index is 611. The van der Waals surface area contributed by atoms with E-state index in [9.17, 15) is 9.59 Å². The number of esters is 1. The van der Waals surface area contributed by atoms with Gasteiger partial charge in [-0.15, -0.1) is 0 Å². The molecule has 5 nitrogen and oxygen atoms in total. The summed E-state index contributed by atoms with van der Waals surface area (Å²) in [5.41, 5.74) is 3.90. The van der Waals surface area contributed by atoms with E-state index in [1.54, 1.807) is 4.90 Å². The number of hydrogen-bond acceptors (Lipinski definition) is 4. The number of hydrogen-bond donors (Lipinski definition) is 1. The van der Waals surface area contributed by atoms with Crippen LogP contribution >= 0.6 is 0 Å². The van der Waals surface area contributed by atoms with Gasteiger partial charge >= 0.3 is 5.97 Å². The van der Waals surface area contributed by atoms with Crippen molar-refractivity contribution in [2.45, 2.75) is 47.1 Å². The van der Waals surface area contributed by atoms with Gasteiger partial charge in [-0.1, -0.05) is 20.8 Å². The molecule has 23 heavy (non-hydrogen) atoms. The summed E-state index contributed by atoms with van der Waals surface area (Å²) in [4.78, 5) is 26.3. The molecule has 0 radical (unpaired) electrons. The van der Waals surface area contributed by atoms with E-state index in [2.05, 4.69) is 5.32 Å². The average molecular weight is 318 g/mol. The fourth-order valence-electron chi connectivity index (χ4n) is 2.57. The van der Waals surface area contributed by atoms with E-state index < -0.39 is 0 Å². The van der Waals surface area contributed by atoms with Gasteiger partial charge in [-0.3, -0.25) is 14.5 Å². The molecular formula is C18H26N2O3. The summed E-state index contributed by atoms with van der Waals surface area (Å²) in [5.74, 6) is -0.170. The molecule has 0 saturated heterocycles. The SMILES string of the molecule is CCC1Nc2cc(C)c(C)cc2N(CC(=O)OCC(C)C)C1=O. The molecule has 1 aromatic carbocycles. The monoisotopic (exact) mass is 318 g/mol. The van der Waals surface area contributed by atoms with Gasteiger partial charge in [-0.25, -0.2) is 0 Å². The minimum absolute atomic E-state index is 0.0424. The van der Waals surface area contributed by atoms with Crippen LogP contribution in [0.3, 0.4) is 0 Å². The minimum atomic E-state index is -0.368. The van der Waals surface area contributed by atoms with Gasteiger partial charge < -0.3 is 10.1 Å². The van der Waals surface area contributed by atoms with Gasteiger partial charge in [0.1, 0.15) is 12.6 Å². The van der Waals surface area contributed by atoms with Gasteiger partial charge in [0.15, 0.2) is 0 Å². The summed E-state index contributed by atoms with van der Waals surface area (Å²) in [6.07, 6.45) is 0.669. The van der Waals surface area contributed by atoms with Gasteiger partial charge in [-0.2, -0.15) is 0 Å². The number of aryl methyl sites for hydroxylation is 2. The fraction of sp³-hybridized carbons (Fsp3) is 0.556. The van der Waals surface area contributed by atoms with Crippen molar-refractivity contribution in [3.63, 3.8) is 0 Å². The highest BCUT2D eigenvalue weighted by molar-refractivity contribution is 6.07. The first kappa shape index (κ1) is 17.3. The molecule has 0 aromatic heterocycles. The van der Waals surface area contributed by atoms with Crippen LogP contribution in [0.25, 0.3) is 0 Å². The quantitative estimate of drug-likeness (QED) is 0.848. The number of carbonyl (C=O) groups excluding carboxylic acids is 2. The van der Waals surface area contributed by atoms with Crippen LogP contribution in [0.15, 0.2) is 12.1 Å². The highest BCUT2D eigenvalue weighted by atomic mass is 16.5. The Morgan fingerprint density at radius 3 is 2.57 bits per heavy atom. The average Bonchev–Trinajstić information content (AvgIpc) is 2.50. The maximum Gasteiger partial charge on any atom is 0.326 e. The lowest BCUT2D eigenvalue weighted by atomic mass is 10.0. The van der Waals surface area contributed by atoms with Gasteiger partial charge in [0.05, 0.1) is 18.0 Å². The third-order valence-corrected chi connectivity index (χ3v) is 4.07. The van der Waals surface area contributed by atoms with Crippen molar-refractivity contribution >= 4 is 23.3 Å². The normalized spacial score (nSPS) is 17.0. The zero-order valence-corrected chi connectivity index (χ0v) is 14.6. The Kier molecular flexibility index (Phi) is 5.29. The zero-order valence-electron chi connectivity index (χ0n) is 14.6. The molecule has 1 aliphatic rings. The largest absolute Gasteiger partial charge is 0.464 e. The van der Waals surface area contributed by atoms with E-state index in [4.69, 9.17) is 4.74 Å². The molecule has 5 heteroatoms. The standard InChI is InChI=1S/C18H26N2O3/c1-6-14-18(22)20(9-17(21)23-10-11(2)3)16-8-13(5)12(4)7-15(16)19-14/h7-8,11,14,19H,6,9-10H2,1-5H3. The van der Waals surface area contributed by atoms with E-state index in [0.717, 1.165) is 22.5 Å². The number of ether oxygens (including phenoxy) is 1. The number of rotatable bonds is 5. The molecule has 1 atom stereocenters. The van der Waals surface area contributed by atoms with Crippen molar-refractivity contribution in [3.8, 4) is 0 Å². The number of amides is 1. The lowest BCUT2D eigenvalue weighted by Gasteiger charge is -2.35. The van der Waals surface area contributed by atoms with Crippen LogP contribution in [0, 0.1) is 19.8 Å². The second-order valence-corrected chi connectivity index (χ2v) is 6.56. The minimum Gasteiger partial charge on any atom is -0.464 e. The van der Waals surface area contributed by atoms with Gasteiger partial charge in [0.2, 0.25) is 5.91 Å². The van der Waals surface area contributed by atoms with Crippen LogP contribution < -0.4 is 10.2 Å². The molecule has 2 rings (SSSR count). The maximum atomic E-state index is 12.6. The van der Waals surface area contributed by atoms with Gasteiger partial charge in [0, 0.05) is 0 Å². The summed E-state index contributed by atoms with van der Waals surface area (Å²) in [7, 11) is 0. The smallest absolute Gasteiger partial charge is 0.326 e. The van der Waals surface area contributed by atoms with Crippen LogP contribution in [-0.4, -0.2) is 31.1 Å². The number of carbonyl (C=O) groups is 2.